The summed E-state index contributed by atoms with van der Waals surface area (Å²) in [7, 11) is 0. The Bertz CT molecular complexity index is 702. The van der Waals surface area contributed by atoms with E-state index in [1.807, 2.05) is 0 Å². The predicted octanol–water partition coefficient (Wildman–Crippen LogP) is 2.68. The van der Waals surface area contributed by atoms with Gasteiger partial charge >= 0.3 is 0 Å². The van der Waals surface area contributed by atoms with E-state index in [4.69, 9.17) is 16.0 Å². The number of carbonyl (C=O) groups excluding carboxylic acids is 2. The van der Waals surface area contributed by atoms with Gasteiger partial charge in [0.1, 0.15) is 6.04 Å². The highest BCUT2D eigenvalue weighted by Gasteiger charge is 2.35. The van der Waals surface area contributed by atoms with Crippen molar-refractivity contribution in [3.8, 4) is 0 Å². The summed E-state index contributed by atoms with van der Waals surface area (Å²) in [5, 5.41) is 0.569. The van der Waals surface area contributed by atoms with Crippen LogP contribution in [0.4, 0.5) is 5.69 Å². The molecule has 0 spiro atoms. The second-order valence-electron chi connectivity index (χ2n) is 5.26. The number of carbonyl (C=O) groups is 2. The minimum absolute atomic E-state index is 0.243. The number of furan rings is 1. The fraction of sp³-hybridized carbons (Fsp3) is 0.250. The van der Waals surface area contributed by atoms with Crippen molar-refractivity contribution in [2.45, 2.75) is 18.9 Å². The van der Waals surface area contributed by atoms with Crippen molar-refractivity contribution in [1.29, 1.82) is 0 Å². The highest BCUT2D eigenvalue weighted by molar-refractivity contribution is 6.30. The summed E-state index contributed by atoms with van der Waals surface area (Å²) in [5.41, 5.74) is 6.11. The Kier molecular flexibility index (Phi) is 4.52. The van der Waals surface area contributed by atoms with Crippen LogP contribution in [-0.4, -0.2) is 29.3 Å². The first-order chi connectivity index (χ1) is 11.1. The van der Waals surface area contributed by atoms with E-state index in [0.29, 0.717) is 23.7 Å². The predicted molar refractivity (Wildman–Crippen MR) is 86.0 cm³/mol. The van der Waals surface area contributed by atoms with Crippen molar-refractivity contribution in [3.05, 3.63) is 53.4 Å². The molecule has 1 atom stereocenters. The third-order valence-corrected chi connectivity index (χ3v) is 3.94. The van der Waals surface area contributed by atoms with E-state index in [1.54, 1.807) is 36.4 Å². The summed E-state index contributed by atoms with van der Waals surface area (Å²) in [6.07, 6.45) is 2.84. The van der Waals surface area contributed by atoms with Gasteiger partial charge < -0.3 is 9.32 Å². The molecule has 3 rings (SSSR count). The van der Waals surface area contributed by atoms with Gasteiger partial charge in [-0.2, -0.15) is 0 Å². The molecule has 0 radical (unpaired) electrons. The van der Waals surface area contributed by atoms with Crippen molar-refractivity contribution in [2.75, 3.05) is 12.0 Å². The normalized spacial score (nSPS) is 17.1. The average Bonchev–Trinajstić information content (AvgIpc) is 3.23. The monoisotopic (exact) mass is 333 g/mol. The van der Waals surface area contributed by atoms with E-state index < -0.39 is 6.04 Å². The van der Waals surface area contributed by atoms with Crippen LogP contribution in [0, 0.1) is 0 Å². The minimum Gasteiger partial charge on any atom is -0.459 e. The molecule has 2 aromatic rings. The van der Waals surface area contributed by atoms with Gasteiger partial charge in [-0.25, -0.2) is 0 Å². The number of likely N-dealkylation sites (tertiary alicyclic amines) is 1. The zero-order valence-corrected chi connectivity index (χ0v) is 13.0. The van der Waals surface area contributed by atoms with Gasteiger partial charge in [-0.05, 0) is 43.2 Å². The second-order valence-corrected chi connectivity index (χ2v) is 5.69. The fourth-order valence-electron chi connectivity index (χ4n) is 2.61. The van der Waals surface area contributed by atoms with Crippen LogP contribution in [0.1, 0.15) is 23.4 Å². The highest BCUT2D eigenvalue weighted by atomic mass is 35.5. The van der Waals surface area contributed by atoms with E-state index in [1.165, 1.54) is 11.2 Å². The molecule has 1 aliphatic heterocycles. The number of hydrazine groups is 1. The number of nitrogens with zero attached hydrogens (tertiary/aromatic N) is 1. The largest absolute Gasteiger partial charge is 0.459 e. The molecule has 1 fully saturated rings. The summed E-state index contributed by atoms with van der Waals surface area (Å²) >= 11 is 5.89. The van der Waals surface area contributed by atoms with Crippen LogP contribution in [-0.2, 0) is 4.79 Å². The number of amides is 2. The molecule has 23 heavy (non-hydrogen) atoms. The lowest BCUT2D eigenvalue weighted by molar-refractivity contribution is -0.124. The zero-order chi connectivity index (χ0) is 16.2. The molecular weight excluding hydrogens is 318 g/mol. The third-order valence-electron chi connectivity index (χ3n) is 3.70. The van der Waals surface area contributed by atoms with E-state index >= 15 is 0 Å². The van der Waals surface area contributed by atoms with Crippen LogP contribution in [0.2, 0.25) is 5.02 Å². The Morgan fingerprint density at radius 2 is 2.13 bits per heavy atom. The Hall–Kier alpha value is -2.47. The van der Waals surface area contributed by atoms with Gasteiger partial charge in [0.05, 0.1) is 12.0 Å². The Morgan fingerprint density at radius 1 is 1.26 bits per heavy atom. The van der Waals surface area contributed by atoms with Crippen molar-refractivity contribution >= 4 is 29.1 Å². The van der Waals surface area contributed by atoms with E-state index in [0.717, 1.165) is 6.42 Å². The number of hydrogen-bond donors (Lipinski definition) is 2. The molecule has 0 unspecified atom stereocenters. The number of benzene rings is 1. The molecule has 2 N–H and O–H groups in total. The molecule has 1 aliphatic rings. The molecule has 1 saturated heterocycles. The first kappa shape index (κ1) is 15.4. The first-order valence-corrected chi connectivity index (χ1v) is 7.69. The maximum absolute atomic E-state index is 12.4. The molecule has 2 heterocycles. The fourth-order valence-corrected chi connectivity index (χ4v) is 2.80. The average molecular weight is 334 g/mol. The maximum Gasteiger partial charge on any atom is 0.290 e. The SMILES string of the molecule is O=C(NNc1cccc(Cl)c1)[C@H]1CCCN1C(=O)c1ccco1. The van der Waals surface area contributed by atoms with Crippen molar-refractivity contribution < 1.29 is 14.0 Å². The van der Waals surface area contributed by atoms with Crippen LogP contribution in [0.25, 0.3) is 0 Å². The Labute approximate surface area is 138 Å². The number of hydrogen-bond acceptors (Lipinski definition) is 4. The van der Waals surface area contributed by atoms with Crippen LogP contribution in [0.15, 0.2) is 47.1 Å². The smallest absolute Gasteiger partial charge is 0.290 e. The van der Waals surface area contributed by atoms with Crippen LogP contribution in [0.5, 0.6) is 0 Å². The molecule has 1 aromatic heterocycles. The van der Waals surface area contributed by atoms with Crippen molar-refractivity contribution in [1.82, 2.24) is 10.3 Å². The van der Waals surface area contributed by atoms with Gasteiger partial charge in [-0.15, -0.1) is 0 Å². The van der Waals surface area contributed by atoms with Crippen LogP contribution < -0.4 is 10.9 Å². The summed E-state index contributed by atoms with van der Waals surface area (Å²) in [5.74, 6) is -0.287. The van der Waals surface area contributed by atoms with Gasteiger partial charge in [-0.3, -0.25) is 20.4 Å². The van der Waals surface area contributed by atoms with Gasteiger partial charge in [-0.1, -0.05) is 17.7 Å². The van der Waals surface area contributed by atoms with Crippen molar-refractivity contribution in [3.63, 3.8) is 0 Å². The van der Waals surface area contributed by atoms with Gasteiger partial charge in [0.15, 0.2) is 5.76 Å². The summed E-state index contributed by atoms with van der Waals surface area (Å²) in [6, 6.07) is 9.74. The lowest BCUT2D eigenvalue weighted by Gasteiger charge is -2.23. The zero-order valence-electron chi connectivity index (χ0n) is 12.3. The lowest BCUT2D eigenvalue weighted by atomic mass is 10.2. The second kappa shape index (κ2) is 6.75. The quantitative estimate of drug-likeness (QED) is 0.844. The van der Waals surface area contributed by atoms with E-state index in [9.17, 15) is 9.59 Å². The van der Waals surface area contributed by atoms with Crippen LogP contribution in [0.3, 0.4) is 0 Å². The minimum atomic E-state index is -0.515. The van der Waals surface area contributed by atoms with Gasteiger partial charge in [0, 0.05) is 11.6 Å². The van der Waals surface area contributed by atoms with E-state index in [-0.39, 0.29) is 17.6 Å². The number of anilines is 1. The summed E-state index contributed by atoms with van der Waals surface area (Å²) in [6.45, 7) is 0.536. The summed E-state index contributed by atoms with van der Waals surface area (Å²) in [4.78, 5) is 26.2. The topological polar surface area (TPSA) is 74.6 Å². The highest BCUT2D eigenvalue weighted by Crippen LogP contribution is 2.21. The Morgan fingerprint density at radius 3 is 2.87 bits per heavy atom. The lowest BCUT2D eigenvalue weighted by Crippen LogP contribution is -2.47. The van der Waals surface area contributed by atoms with Crippen LogP contribution >= 0.6 is 11.6 Å². The number of nitrogens with one attached hydrogen (secondary N) is 2. The standard InChI is InChI=1S/C16H16ClN3O3/c17-11-4-1-5-12(10-11)18-19-15(21)13-6-2-8-20(13)16(22)14-7-3-9-23-14/h1,3-5,7,9-10,13,18H,2,6,8H2,(H,19,21)/t13-/m1/s1. The van der Waals surface area contributed by atoms with Gasteiger partial charge in [0.25, 0.3) is 11.8 Å². The third kappa shape index (κ3) is 3.48. The molecule has 6 nitrogen and oxygen atoms in total. The molecule has 2 amide bonds. The van der Waals surface area contributed by atoms with Crippen molar-refractivity contribution in [2.24, 2.45) is 0 Å². The number of halogens is 1. The molecule has 1 aromatic carbocycles. The molecule has 0 aliphatic carbocycles. The number of rotatable bonds is 4. The maximum atomic E-state index is 12.4. The molecule has 0 bridgehead atoms. The molecule has 120 valence electrons. The molecule has 0 saturated carbocycles. The Balaban J connectivity index is 1.63. The van der Waals surface area contributed by atoms with E-state index in [2.05, 4.69) is 10.9 Å². The summed E-state index contributed by atoms with van der Waals surface area (Å²) < 4.78 is 5.13. The molecular formula is C16H16ClN3O3. The molecule has 7 heteroatoms. The van der Waals surface area contributed by atoms with Gasteiger partial charge in [0.2, 0.25) is 0 Å². The first-order valence-electron chi connectivity index (χ1n) is 7.31.